The third-order valence-corrected chi connectivity index (χ3v) is 2.49. The molecule has 0 fully saturated rings. The minimum Gasteiger partial charge on any atom is -0.508 e. The van der Waals surface area contributed by atoms with Gasteiger partial charge in [0.25, 0.3) is 0 Å². The maximum atomic E-state index is 11.0. The lowest BCUT2D eigenvalue weighted by molar-refractivity contribution is -0.140. The number of hydrogen-bond donors (Lipinski definition) is 3. The summed E-state index contributed by atoms with van der Waals surface area (Å²) in [5, 5.41) is 21.2. The lowest BCUT2D eigenvalue weighted by atomic mass is 10.0. The Labute approximate surface area is 101 Å². The molecule has 3 N–H and O–H groups in total. The first-order valence-corrected chi connectivity index (χ1v) is 5.73. The molecule has 0 amide bonds. The lowest BCUT2D eigenvalue weighted by Gasteiger charge is -2.16. The molecule has 0 saturated carbocycles. The second kappa shape index (κ2) is 6.25. The van der Waals surface area contributed by atoms with Gasteiger partial charge >= 0.3 is 5.97 Å². The fourth-order valence-electron chi connectivity index (χ4n) is 1.60. The number of phenols is 1. The zero-order valence-electron chi connectivity index (χ0n) is 10.2. The van der Waals surface area contributed by atoms with Crippen molar-refractivity contribution in [1.29, 1.82) is 0 Å². The maximum Gasteiger partial charge on any atom is 0.320 e. The smallest absolute Gasteiger partial charge is 0.320 e. The Kier molecular flexibility index (Phi) is 4.97. The van der Waals surface area contributed by atoms with Gasteiger partial charge in [-0.3, -0.25) is 4.79 Å². The van der Waals surface area contributed by atoms with E-state index in [0.717, 1.165) is 5.56 Å². The molecule has 94 valence electrons. The van der Waals surface area contributed by atoms with Crippen molar-refractivity contribution in [3.8, 4) is 5.75 Å². The first-order chi connectivity index (χ1) is 7.99. The summed E-state index contributed by atoms with van der Waals surface area (Å²) in [6, 6.07) is 6.21. The van der Waals surface area contributed by atoms with Crippen molar-refractivity contribution >= 4 is 5.97 Å². The van der Waals surface area contributed by atoms with Crippen molar-refractivity contribution in [3.05, 3.63) is 29.8 Å². The highest BCUT2D eigenvalue weighted by Crippen LogP contribution is 2.10. The van der Waals surface area contributed by atoms with Crippen molar-refractivity contribution in [2.75, 3.05) is 0 Å². The lowest BCUT2D eigenvalue weighted by Crippen LogP contribution is -2.37. The van der Waals surface area contributed by atoms with Gasteiger partial charge in [-0.15, -0.1) is 0 Å². The van der Waals surface area contributed by atoms with E-state index < -0.39 is 12.0 Å². The Bertz CT molecular complexity index is 359. The molecule has 1 unspecified atom stereocenters. The number of carboxylic acid groups (broad SMARTS) is 1. The number of aromatic hydroxyl groups is 1. The molecule has 4 heteroatoms. The Balaban J connectivity index is 2.51. The van der Waals surface area contributed by atoms with E-state index in [2.05, 4.69) is 5.32 Å². The monoisotopic (exact) mass is 237 g/mol. The molecule has 0 heterocycles. The van der Waals surface area contributed by atoms with Gasteiger partial charge in [-0.2, -0.15) is 0 Å². The van der Waals surface area contributed by atoms with E-state index in [1.807, 2.05) is 13.8 Å². The number of hydrogen-bond acceptors (Lipinski definition) is 3. The molecule has 1 aromatic rings. The summed E-state index contributed by atoms with van der Waals surface area (Å²) in [7, 11) is 0. The van der Waals surface area contributed by atoms with Crippen LogP contribution in [0.1, 0.15) is 25.8 Å². The largest absolute Gasteiger partial charge is 0.508 e. The van der Waals surface area contributed by atoms with Crippen LogP contribution in [0.5, 0.6) is 5.75 Å². The zero-order valence-corrected chi connectivity index (χ0v) is 10.2. The van der Waals surface area contributed by atoms with Crippen molar-refractivity contribution < 1.29 is 15.0 Å². The van der Waals surface area contributed by atoms with Crippen LogP contribution in [0.4, 0.5) is 0 Å². The zero-order chi connectivity index (χ0) is 12.8. The molecule has 1 atom stereocenters. The number of carboxylic acids is 1. The minimum absolute atomic E-state index is 0.214. The van der Waals surface area contributed by atoms with Gasteiger partial charge in [0.05, 0.1) is 0 Å². The second-order valence-electron chi connectivity index (χ2n) is 4.57. The molecule has 4 nitrogen and oxygen atoms in total. The molecule has 1 rings (SSSR count). The number of benzene rings is 1. The molecule has 0 aliphatic carbocycles. The molecule has 17 heavy (non-hydrogen) atoms. The van der Waals surface area contributed by atoms with E-state index in [1.165, 1.54) is 0 Å². The fraction of sp³-hybridized carbons (Fsp3) is 0.462. The summed E-state index contributed by atoms with van der Waals surface area (Å²) in [4.78, 5) is 11.0. The minimum atomic E-state index is -0.822. The van der Waals surface area contributed by atoms with Gasteiger partial charge < -0.3 is 15.5 Å². The van der Waals surface area contributed by atoms with E-state index in [1.54, 1.807) is 24.3 Å². The summed E-state index contributed by atoms with van der Waals surface area (Å²) in [6.45, 7) is 4.49. The van der Waals surface area contributed by atoms with Gasteiger partial charge in [0, 0.05) is 6.54 Å². The molecular formula is C13H19NO3. The SMILES string of the molecule is CC(C)CC(NCc1ccc(O)cc1)C(=O)O. The Hall–Kier alpha value is -1.55. The van der Waals surface area contributed by atoms with Crippen LogP contribution in [-0.4, -0.2) is 22.2 Å². The normalized spacial score (nSPS) is 12.6. The molecule has 0 bridgehead atoms. The van der Waals surface area contributed by atoms with Crippen molar-refractivity contribution in [2.24, 2.45) is 5.92 Å². The first-order valence-electron chi connectivity index (χ1n) is 5.73. The van der Waals surface area contributed by atoms with Crippen LogP contribution in [0, 0.1) is 5.92 Å². The van der Waals surface area contributed by atoms with E-state index in [-0.39, 0.29) is 5.75 Å². The molecule has 0 aliphatic rings. The van der Waals surface area contributed by atoms with Crippen LogP contribution < -0.4 is 5.32 Å². The topological polar surface area (TPSA) is 69.6 Å². The average molecular weight is 237 g/mol. The quantitative estimate of drug-likeness (QED) is 0.707. The van der Waals surface area contributed by atoms with Crippen LogP contribution in [0.2, 0.25) is 0 Å². The van der Waals surface area contributed by atoms with Crippen LogP contribution in [-0.2, 0) is 11.3 Å². The molecule has 0 radical (unpaired) electrons. The molecule has 0 aromatic heterocycles. The Morgan fingerprint density at radius 3 is 2.35 bits per heavy atom. The van der Waals surface area contributed by atoms with Gasteiger partial charge in [-0.05, 0) is 30.0 Å². The molecule has 0 spiro atoms. The summed E-state index contributed by atoms with van der Waals surface area (Å²) in [5.41, 5.74) is 0.956. The highest BCUT2D eigenvalue weighted by molar-refractivity contribution is 5.73. The predicted molar refractivity (Wildman–Crippen MR) is 65.8 cm³/mol. The van der Waals surface area contributed by atoms with E-state index in [0.29, 0.717) is 18.9 Å². The summed E-state index contributed by atoms with van der Waals surface area (Å²) >= 11 is 0. The summed E-state index contributed by atoms with van der Waals surface area (Å²) < 4.78 is 0. The van der Waals surface area contributed by atoms with Crippen molar-refractivity contribution in [2.45, 2.75) is 32.9 Å². The first kappa shape index (κ1) is 13.5. The summed E-state index contributed by atoms with van der Waals surface area (Å²) in [6.07, 6.45) is 0.605. The molecule has 0 aliphatic heterocycles. The summed E-state index contributed by atoms with van der Waals surface area (Å²) in [5.74, 6) is -0.272. The Morgan fingerprint density at radius 2 is 1.88 bits per heavy atom. The van der Waals surface area contributed by atoms with Crippen molar-refractivity contribution in [3.63, 3.8) is 0 Å². The van der Waals surface area contributed by atoms with E-state index in [9.17, 15) is 4.79 Å². The predicted octanol–water partition coefficient (Wildman–Crippen LogP) is 1.98. The molecular weight excluding hydrogens is 218 g/mol. The number of phenolic OH excluding ortho intramolecular Hbond substituents is 1. The van der Waals surface area contributed by atoms with Gasteiger partial charge in [0.2, 0.25) is 0 Å². The highest BCUT2D eigenvalue weighted by Gasteiger charge is 2.17. The Morgan fingerprint density at radius 1 is 1.29 bits per heavy atom. The van der Waals surface area contributed by atoms with Crippen LogP contribution in [0.15, 0.2) is 24.3 Å². The van der Waals surface area contributed by atoms with Gasteiger partial charge in [-0.1, -0.05) is 26.0 Å². The number of rotatable bonds is 6. The van der Waals surface area contributed by atoms with E-state index in [4.69, 9.17) is 10.2 Å². The maximum absolute atomic E-state index is 11.0. The van der Waals surface area contributed by atoms with Crippen LogP contribution in [0.3, 0.4) is 0 Å². The third-order valence-electron chi connectivity index (χ3n) is 2.49. The molecule has 0 saturated heterocycles. The highest BCUT2D eigenvalue weighted by atomic mass is 16.4. The second-order valence-corrected chi connectivity index (χ2v) is 4.57. The van der Waals surface area contributed by atoms with Crippen LogP contribution >= 0.6 is 0 Å². The van der Waals surface area contributed by atoms with E-state index >= 15 is 0 Å². The van der Waals surface area contributed by atoms with Gasteiger partial charge in [0.1, 0.15) is 11.8 Å². The standard InChI is InChI=1S/C13H19NO3/c1-9(2)7-12(13(16)17)14-8-10-3-5-11(15)6-4-10/h3-6,9,12,14-15H,7-8H2,1-2H3,(H,16,17). The number of carbonyl (C=O) groups is 1. The number of aliphatic carboxylic acids is 1. The van der Waals surface area contributed by atoms with Crippen molar-refractivity contribution in [1.82, 2.24) is 5.32 Å². The molecule has 1 aromatic carbocycles. The number of nitrogens with one attached hydrogen (secondary N) is 1. The third kappa shape index (κ3) is 4.87. The van der Waals surface area contributed by atoms with Gasteiger partial charge in [0.15, 0.2) is 0 Å². The van der Waals surface area contributed by atoms with Gasteiger partial charge in [-0.25, -0.2) is 0 Å². The fourth-order valence-corrected chi connectivity index (χ4v) is 1.60. The van der Waals surface area contributed by atoms with Crippen LogP contribution in [0.25, 0.3) is 0 Å². The average Bonchev–Trinajstić information content (AvgIpc) is 2.25.